The van der Waals surface area contributed by atoms with Gasteiger partial charge in [-0.05, 0) is 24.6 Å². The average Bonchev–Trinajstić information content (AvgIpc) is 2.99. The molecule has 1 atom stereocenters. The quantitative estimate of drug-likeness (QED) is 0.702. The summed E-state index contributed by atoms with van der Waals surface area (Å²) in [7, 11) is 0. The lowest BCUT2D eigenvalue weighted by Crippen LogP contribution is -2.18. The molecule has 1 heterocycles. The Morgan fingerprint density at radius 3 is 2.30 bits per heavy atom. The van der Waals surface area contributed by atoms with Crippen LogP contribution in [0.1, 0.15) is 15.8 Å². The van der Waals surface area contributed by atoms with Crippen LogP contribution in [0.25, 0.3) is 0 Å². The second-order valence-electron chi connectivity index (χ2n) is 4.84. The molecule has 6 heteroatoms. The first-order chi connectivity index (χ1) is 11.2. The van der Waals surface area contributed by atoms with Crippen LogP contribution in [0.2, 0.25) is 0 Å². The minimum atomic E-state index is -0.345. The van der Waals surface area contributed by atoms with Gasteiger partial charge in [0.05, 0.1) is 0 Å². The molecule has 2 aromatic carbocycles. The second-order valence-corrected chi connectivity index (χ2v) is 7.20. The predicted molar refractivity (Wildman–Crippen MR) is 94.8 cm³/mol. The molecule has 1 N–H and O–H groups in total. The van der Waals surface area contributed by atoms with E-state index in [1.165, 1.54) is 23.1 Å². The number of amides is 1. The highest BCUT2D eigenvalue weighted by Gasteiger charge is 2.23. The Labute approximate surface area is 143 Å². The molecule has 0 bridgehead atoms. The Morgan fingerprint density at radius 1 is 1.04 bits per heavy atom. The zero-order valence-corrected chi connectivity index (χ0v) is 14.1. The zero-order chi connectivity index (χ0) is 16.1. The molecule has 23 heavy (non-hydrogen) atoms. The summed E-state index contributed by atoms with van der Waals surface area (Å²) in [6.07, 6.45) is 0. The minimum Gasteiger partial charge on any atom is -0.299 e. The second kappa shape index (κ2) is 7.39. The first kappa shape index (κ1) is 15.7. The number of carbonyl (C=O) groups is 1. The van der Waals surface area contributed by atoms with Crippen molar-refractivity contribution in [1.82, 2.24) is 10.2 Å². The molecule has 0 aliphatic heterocycles. The fraction of sp³-hybridized carbons (Fsp3) is 0.118. The van der Waals surface area contributed by atoms with Crippen molar-refractivity contribution in [3.63, 3.8) is 0 Å². The first-order valence-electron chi connectivity index (χ1n) is 7.10. The molecule has 0 aliphatic rings. The molecular formula is C17H15N3OS2. The molecule has 0 aliphatic carbocycles. The number of thioether (sulfide) groups is 1. The fourth-order valence-corrected chi connectivity index (χ4v) is 3.69. The van der Waals surface area contributed by atoms with Crippen molar-refractivity contribution < 1.29 is 4.79 Å². The Hall–Kier alpha value is -2.18. The topological polar surface area (TPSA) is 54.9 Å². The number of aryl methyl sites for hydroxylation is 1. The molecule has 1 aromatic heterocycles. The summed E-state index contributed by atoms with van der Waals surface area (Å²) >= 11 is 2.89. The monoisotopic (exact) mass is 341 g/mol. The molecule has 1 unspecified atom stereocenters. The highest BCUT2D eigenvalue weighted by Crippen LogP contribution is 2.36. The molecule has 0 radical (unpaired) electrons. The summed E-state index contributed by atoms with van der Waals surface area (Å²) < 4.78 is 0. The molecule has 0 saturated carbocycles. The van der Waals surface area contributed by atoms with E-state index in [2.05, 4.69) is 15.5 Å². The van der Waals surface area contributed by atoms with Crippen LogP contribution in [0, 0.1) is 6.92 Å². The van der Waals surface area contributed by atoms with Gasteiger partial charge in [0.25, 0.3) is 0 Å². The number of nitrogens with one attached hydrogen (secondary N) is 1. The highest BCUT2D eigenvalue weighted by molar-refractivity contribution is 8.00. The van der Waals surface area contributed by atoms with Gasteiger partial charge in [0.2, 0.25) is 11.0 Å². The number of rotatable bonds is 5. The standard InChI is InChI=1S/C17H15N3OS2/c1-12-19-20-17(22-12)18-16(21)15(13-8-4-2-5-9-13)23-14-10-6-3-7-11-14/h2-11,15H,1H3,(H,18,20,21). The molecule has 4 nitrogen and oxygen atoms in total. The van der Waals surface area contributed by atoms with Crippen molar-refractivity contribution in [2.45, 2.75) is 17.1 Å². The number of anilines is 1. The molecular weight excluding hydrogens is 326 g/mol. The van der Waals surface area contributed by atoms with E-state index in [-0.39, 0.29) is 11.2 Å². The smallest absolute Gasteiger partial charge is 0.244 e. The number of benzene rings is 2. The SMILES string of the molecule is Cc1nnc(NC(=O)C(Sc2ccccc2)c2ccccc2)s1. The third kappa shape index (κ3) is 4.18. The van der Waals surface area contributed by atoms with Crippen molar-refractivity contribution in [1.29, 1.82) is 0 Å². The molecule has 3 aromatic rings. The number of hydrogen-bond acceptors (Lipinski definition) is 5. The van der Waals surface area contributed by atoms with Crippen LogP contribution in [0.3, 0.4) is 0 Å². The fourth-order valence-electron chi connectivity index (χ4n) is 2.05. The Morgan fingerprint density at radius 2 is 1.70 bits per heavy atom. The lowest BCUT2D eigenvalue weighted by molar-refractivity contribution is -0.115. The summed E-state index contributed by atoms with van der Waals surface area (Å²) in [5, 5.41) is 11.8. The van der Waals surface area contributed by atoms with Crippen LogP contribution >= 0.6 is 23.1 Å². The molecule has 0 fully saturated rings. The number of aromatic nitrogens is 2. The average molecular weight is 341 g/mol. The number of nitrogens with zero attached hydrogens (tertiary/aromatic N) is 2. The summed E-state index contributed by atoms with van der Waals surface area (Å²) in [4.78, 5) is 13.8. The van der Waals surface area contributed by atoms with Gasteiger partial charge in [0.15, 0.2) is 0 Å². The predicted octanol–water partition coefficient (Wildman–Crippen LogP) is 4.32. The lowest BCUT2D eigenvalue weighted by atomic mass is 10.1. The van der Waals surface area contributed by atoms with Crippen LogP contribution < -0.4 is 5.32 Å². The van der Waals surface area contributed by atoms with E-state index in [0.717, 1.165) is 15.5 Å². The van der Waals surface area contributed by atoms with Gasteiger partial charge >= 0.3 is 0 Å². The van der Waals surface area contributed by atoms with E-state index in [0.29, 0.717) is 5.13 Å². The minimum absolute atomic E-state index is 0.0961. The van der Waals surface area contributed by atoms with Gasteiger partial charge < -0.3 is 0 Å². The Balaban J connectivity index is 1.84. The van der Waals surface area contributed by atoms with Gasteiger partial charge in [-0.3, -0.25) is 10.1 Å². The molecule has 3 rings (SSSR count). The van der Waals surface area contributed by atoms with Gasteiger partial charge in [-0.15, -0.1) is 22.0 Å². The van der Waals surface area contributed by atoms with Crippen molar-refractivity contribution in [2.75, 3.05) is 5.32 Å². The first-order valence-corrected chi connectivity index (χ1v) is 8.79. The van der Waals surface area contributed by atoms with Crippen molar-refractivity contribution >= 4 is 34.1 Å². The maximum Gasteiger partial charge on any atom is 0.244 e. The summed E-state index contributed by atoms with van der Waals surface area (Å²) in [5.41, 5.74) is 0.958. The summed E-state index contributed by atoms with van der Waals surface area (Å²) in [5.74, 6) is -0.0961. The number of carbonyl (C=O) groups excluding carboxylic acids is 1. The summed E-state index contributed by atoms with van der Waals surface area (Å²) in [6, 6.07) is 19.7. The number of hydrogen-bond donors (Lipinski definition) is 1. The van der Waals surface area contributed by atoms with E-state index < -0.39 is 0 Å². The van der Waals surface area contributed by atoms with Crippen molar-refractivity contribution in [3.05, 3.63) is 71.2 Å². The highest BCUT2D eigenvalue weighted by atomic mass is 32.2. The van der Waals surface area contributed by atoms with Crippen molar-refractivity contribution in [3.8, 4) is 0 Å². The van der Waals surface area contributed by atoms with Crippen LogP contribution in [-0.4, -0.2) is 16.1 Å². The molecule has 116 valence electrons. The Kier molecular flexibility index (Phi) is 5.05. The van der Waals surface area contributed by atoms with Crippen LogP contribution in [0.5, 0.6) is 0 Å². The maximum absolute atomic E-state index is 12.7. The van der Waals surface area contributed by atoms with E-state index in [1.807, 2.05) is 67.6 Å². The van der Waals surface area contributed by atoms with E-state index in [4.69, 9.17) is 0 Å². The lowest BCUT2D eigenvalue weighted by Gasteiger charge is -2.16. The molecule has 1 amide bonds. The third-order valence-electron chi connectivity index (χ3n) is 3.09. The third-order valence-corrected chi connectivity index (χ3v) is 5.11. The normalized spacial score (nSPS) is 11.9. The van der Waals surface area contributed by atoms with E-state index in [9.17, 15) is 4.79 Å². The van der Waals surface area contributed by atoms with Gasteiger partial charge in [0.1, 0.15) is 10.3 Å². The van der Waals surface area contributed by atoms with Crippen molar-refractivity contribution in [2.24, 2.45) is 0 Å². The van der Waals surface area contributed by atoms with Gasteiger partial charge in [-0.2, -0.15) is 0 Å². The van der Waals surface area contributed by atoms with E-state index in [1.54, 1.807) is 0 Å². The largest absolute Gasteiger partial charge is 0.299 e. The van der Waals surface area contributed by atoms with Gasteiger partial charge in [-0.25, -0.2) is 0 Å². The van der Waals surface area contributed by atoms with Crippen LogP contribution in [-0.2, 0) is 4.79 Å². The van der Waals surface area contributed by atoms with E-state index >= 15 is 0 Å². The van der Waals surface area contributed by atoms with Crippen LogP contribution in [0.4, 0.5) is 5.13 Å². The molecule has 0 saturated heterocycles. The molecule has 0 spiro atoms. The van der Waals surface area contributed by atoms with Gasteiger partial charge in [0, 0.05) is 4.90 Å². The van der Waals surface area contributed by atoms with Crippen LogP contribution in [0.15, 0.2) is 65.6 Å². The maximum atomic E-state index is 12.7. The zero-order valence-electron chi connectivity index (χ0n) is 12.5. The summed E-state index contributed by atoms with van der Waals surface area (Å²) in [6.45, 7) is 1.86. The Bertz CT molecular complexity index is 775. The van der Waals surface area contributed by atoms with Gasteiger partial charge in [-0.1, -0.05) is 59.9 Å².